The molecule has 1 aromatic rings. The fourth-order valence-electron chi connectivity index (χ4n) is 0.485. The standard InChI is InChI=1S/C4H5N5S/c1-9-4(2-5-3-10)6-7-8-9/h2H2,1H3. The SMILES string of the molecule is Cn1nnnc1CN=C=S. The van der Waals surface area contributed by atoms with Gasteiger partial charge in [0.25, 0.3) is 0 Å². The number of aryl methyl sites for hydroxylation is 1. The maximum Gasteiger partial charge on any atom is 0.173 e. The first kappa shape index (κ1) is 6.98. The quantitative estimate of drug-likeness (QED) is 0.439. The predicted molar refractivity (Wildman–Crippen MR) is 37.5 cm³/mol. The molecule has 0 spiro atoms. The summed E-state index contributed by atoms with van der Waals surface area (Å²) in [4.78, 5) is 3.68. The van der Waals surface area contributed by atoms with Crippen molar-refractivity contribution in [2.45, 2.75) is 6.54 Å². The highest BCUT2D eigenvalue weighted by molar-refractivity contribution is 7.78. The minimum Gasteiger partial charge on any atom is -0.231 e. The van der Waals surface area contributed by atoms with Crippen molar-refractivity contribution in [3.8, 4) is 0 Å². The van der Waals surface area contributed by atoms with Gasteiger partial charge in [-0.2, -0.15) is 0 Å². The lowest BCUT2D eigenvalue weighted by atomic mass is 10.6. The van der Waals surface area contributed by atoms with Gasteiger partial charge in [0.2, 0.25) is 0 Å². The van der Waals surface area contributed by atoms with Crippen LogP contribution in [0.15, 0.2) is 4.99 Å². The second-order valence-corrected chi connectivity index (χ2v) is 1.81. The first-order chi connectivity index (χ1) is 4.84. The Balaban J connectivity index is 2.74. The smallest absolute Gasteiger partial charge is 0.173 e. The first-order valence-electron chi connectivity index (χ1n) is 2.59. The van der Waals surface area contributed by atoms with Gasteiger partial charge in [-0.25, -0.2) is 9.67 Å². The summed E-state index contributed by atoms with van der Waals surface area (Å²) < 4.78 is 1.54. The number of hydrogen-bond donors (Lipinski definition) is 0. The summed E-state index contributed by atoms with van der Waals surface area (Å²) in [5.41, 5.74) is 0. The Morgan fingerprint density at radius 2 is 2.60 bits per heavy atom. The van der Waals surface area contributed by atoms with Gasteiger partial charge < -0.3 is 0 Å². The largest absolute Gasteiger partial charge is 0.231 e. The van der Waals surface area contributed by atoms with Gasteiger partial charge in [0.05, 0.1) is 5.16 Å². The molecule has 0 radical (unpaired) electrons. The second kappa shape index (κ2) is 3.14. The van der Waals surface area contributed by atoms with Gasteiger partial charge in [0, 0.05) is 7.05 Å². The molecule has 0 saturated heterocycles. The highest BCUT2D eigenvalue weighted by Crippen LogP contribution is 1.88. The van der Waals surface area contributed by atoms with Crippen molar-refractivity contribution >= 4 is 17.4 Å². The van der Waals surface area contributed by atoms with Crippen molar-refractivity contribution in [2.24, 2.45) is 12.0 Å². The monoisotopic (exact) mass is 155 g/mol. The van der Waals surface area contributed by atoms with Crippen molar-refractivity contribution in [3.63, 3.8) is 0 Å². The summed E-state index contributed by atoms with van der Waals surface area (Å²) in [7, 11) is 1.74. The number of thiocarbonyl (C=S) groups is 1. The van der Waals surface area contributed by atoms with E-state index in [4.69, 9.17) is 0 Å². The maximum atomic E-state index is 4.37. The van der Waals surface area contributed by atoms with E-state index in [1.54, 1.807) is 7.05 Å². The number of nitrogens with zero attached hydrogens (tertiary/aromatic N) is 5. The van der Waals surface area contributed by atoms with Crippen molar-refractivity contribution in [1.29, 1.82) is 0 Å². The molecule has 1 aromatic heterocycles. The Bertz CT molecular complexity index is 260. The number of rotatable bonds is 2. The van der Waals surface area contributed by atoms with Crippen molar-refractivity contribution in [2.75, 3.05) is 0 Å². The molecule has 0 aliphatic carbocycles. The first-order valence-corrected chi connectivity index (χ1v) is 3.00. The summed E-state index contributed by atoms with van der Waals surface area (Å²) in [6, 6.07) is 0. The van der Waals surface area contributed by atoms with E-state index in [1.165, 1.54) is 4.68 Å². The molecule has 0 atom stereocenters. The van der Waals surface area contributed by atoms with E-state index < -0.39 is 0 Å². The third kappa shape index (κ3) is 1.43. The van der Waals surface area contributed by atoms with Crippen LogP contribution in [0, 0.1) is 0 Å². The Labute approximate surface area is 62.8 Å². The number of isothiocyanates is 1. The third-order valence-electron chi connectivity index (χ3n) is 0.993. The van der Waals surface area contributed by atoms with E-state index in [1.807, 2.05) is 0 Å². The summed E-state index contributed by atoms with van der Waals surface area (Å²) in [6.45, 7) is 0.396. The molecule has 52 valence electrons. The molecule has 1 heterocycles. The van der Waals surface area contributed by atoms with E-state index in [9.17, 15) is 0 Å². The van der Waals surface area contributed by atoms with Crippen LogP contribution in [0.3, 0.4) is 0 Å². The number of aromatic nitrogens is 4. The van der Waals surface area contributed by atoms with E-state index >= 15 is 0 Å². The highest BCUT2D eigenvalue weighted by Gasteiger charge is 1.97. The van der Waals surface area contributed by atoms with E-state index in [0.717, 1.165) is 0 Å². The summed E-state index contributed by atoms with van der Waals surface area (Å²) in [6.07, 6.45) is 0. The van der Waals surface area contributed by atoms with Crippen LogP contribution in [0.5, 0.6) is 0 Å². The topological polar surface area (TPSA) is 56.0 Å². The minimum atomic E-state index is 0.396. The third-order valence-corrected chi connectivity index (χ3v) is 1.12. The summed E-state index contributed by atoms with van der Waals surface area (Å²) in [5, 5.41) is 12.9. The fourth-order valence-corrected chi connectivity index (χ4v) is 0.549. The molecule has 0 bridgehead atoms. The van der Waals surface area contributed by atoms with E-state index in [-0.39, 0.29) is 0 Å². The predicted octanol–water partition coefficient (Wildman–Crippen LogP) is -0.187. The van der Waals surface area contributed by atoms with Crippen molar-refractivity contribution in [1.82, 2.24) is 20.2 Å². The van der Waals surface area contributed by atoms with Gasteiger partial charge in [0.1, 0.15) is 6.54 Å². The van der Waals surface area contributed by atoms with Crippen molar-refractivity contribution < 1.29 is 0 Å². The van der Waals surface area contributed by atoms with Crippen LogP contribution in [0.1, 0.15) is 5.82 Å². The second-order valence-electron chi connectivity index (χ2n) is 1.63. The molecule has 6 heteroatoms. The minimum absolute atomic E-state index is 0.396. The Hall–Kier alpha value is -1.13. The zero-order valence-electron chi connectivity index (χ0n) is 5.35. The van der Waals surface area contributed by atoms with E-state index in [2.05, 4.69) is 37.9 Å². The molecular weight excluding hydrogens is 150 g/mol. The van der Waals surface area contributed by atoms with Gasteiger partial charge in [-0.15, -0.1) is 5.10 Å². The zero-order valence-corrected chi connectivity index (χ0v) is 6.17. The molecule has 0 saturated carbocycles. The van der Waals surface area contributed by atoms with Crippen LogP contribution in [-0.4, -0.2) is 25.4 Å². The van der Waals surface area contributed by atoms with Crippen LogP contribution >= 0.6 is 12.2 Å². The number of aliphatic imine (C=N–C) groups is 1. The molecule has 0 aliphatic rings. The van der Waals surface area contributed by atoms with Gasteiger partial charge in [-0.1, -0.05) is 0 Å². The lowest BCUT2D eigenvalue weighted by molar-refractivity contribution is 0.679. The summed E-state index contributed by atoms with van der Waals surface area (Å²) >= 11 is 4.37. The normalized spacial score (nSPS) is 8.90. The van der Waals surface area contributed by atoms with Gasteiger partial charge in [-0.05, 0) is 22.6 Å². The number of tetrazole rings is 1. The summed E-state index contributed by atoms with van der Waals surface area (Å²) in [5.74, 6) is 0.678. The van der Waals surface area contributed by atoms with Gasteiger partial charge in [-0.3, -0.25) is 0 Å². The average Bonchev–Trinajstić information content (AvgIpc) is 2.31. The zero-order chi connectivity index (χ0) is 7.40. The molecule has 0 aromatic carbocycles. The number of hydrogen-bond acceptors (Lipinski definition) is 5. The lowest BCUT2D eigenvalue weighted by Gasteiger charge is -1.88. The van der Waals surface area contributed by atoms with Gasteiger partial charge in [0.15, 0.2) is 5.82 Å². The molecular formula is C4H5N5S. The van der Waals surface area contributed by atoms with E-state index in [0.29, 0.717) is 12.4 Å². The maximum absolute atomic E-state index is 4.37. The van der Waals surface area contributed by atoms with Crippen LogP contribution in [-0.2, 0) is 13.6 Å². The Morgan fingerprint density at radius 3 is 3.10 bits per heavy atom. The molecule has 5 nitrogen and oxygen atoms in total. The van der Waals surface area contributed by atoms with Crippen molar-refractivity contribution in [3.05, 3.63) is 5.82 Å². The van der Waals surface area contributed by atoms with Crippen LogP contribution in [0.4, 0.5) is 0 Å². The molecule has 0 aliphatic heterocycles. The average molecular weight is 155 g/mol. The molecule has 1 rings (SSSR count). The lowest BCUT2D eigenvalue weighted by Crippen LogP contribution is -1.97. The van der Waals surface area contributed by atoms with Crippen LogP contribution in [0.25, 0.3) is 0 Å². The molecule has 10 heavy (non-hydrogen) atoms. The molecule has 0 unspecified atom stereocenters. The van der Waals surface area contributed by atoms with Crippen LogP contribution in [0.2, 0.25) is 0 Å². The Kier molecular flexibility index (Phi) is 2.20. The Morgan fingerprint density at radius 1 is 1.80 bits per heavy atom. The van der Waals surface area contributed by atoms with Gasteiger partial charge >= 0.3 is 0 Å². The molecule has 0 amide bonds. The molecule has 0 fully saturated rings. The fraction of sp³-hybridized carbons (Fsp3) is 0.500. The molecule has 0 N–H and O–H groups in total. The highest BCUT2D eigenvalue weighted by atomic mass is 32.1. The van der Waals surface area contributed by atoms with Crippen LogP contribution < -0.4 is 0 Å².